The number of aromatic nitrogens is 2. The quantitative estimate of drug-likeness (QED) is 0.703. The zero-order chi connectivity index (χ0) is 17.2. The van der Waals surface area contributed by atoms with Crippen LogP contribution >= 0.6 is 11.3 Å². The predicted molar refractivity (Wildman–Crippen MR) is 97.8 cm³/mol. The van der Waals surface area contributed by atoms with E-state index in [1.165, 1.54) is 5.56 Å². The molecule has 1 atom stereocenters. The lowest BCUT2D eigenvalue weighted by Crippen LogP contribution is -2.36. The number of aryl methyl sites for hydroxylation is 1. The molecule has 1 aliphatic heterocycles. The van der Waals surface area contributed by atoms with E-state index >= 15 is 0 Å². The monoisotopic (exact) mass is 353 g/mol. The van der Waals surface area contributed by atoms with Crippen molar-refractivity contribution < 1.29 is 9.32 Å². The fourth-order valence-corrected chi connectivity index (χ4v) is 3.87. The number of fused-ring (bicyclic) bond motifs is 1. The van der Waals surface area contributed by atoms with Crippen molar-refractivity contribution in [2.75, 3.05) is 11.4 Å². The van der Waals surface area contributed by atoms with Crippen LogP contribution < -0.4 is 4.90 Å². The third kappa shape index (κ3) is 3.22. The van der Waals surface area contributed by atoms with Crippen LogP contribution in [0.4, 0.5) is 5.69 Å². The molecular formula is C19H19N3O2S. The molecule has 25 heavy (non-hydrogen) atoms. The number of nitrogens with zero attached hydrogens (tertiary/aromatic N) is 3. The van der Waals surface area contributed by atoms with Crippen molar-refractivity contribution in [3.63, 3.8) is 0 Å². The van der Waals surface area contributed by atoms with Gasteiger partial charge < -0.3 is 9.42 Å². The number of thiophene rings is 1. The van der Waals surface area contributed by atoms with Gasteiger partial charge in [-0.2, -0.15) is 4.98 Å². The SMILES string of the molecule is C[C@@H]1CCN(C(=O)CCc2nc(-c3cccs3)no2)c2ccccc21. The molecular weight excluding hydrogens is 334 g/mol. The van der Waals surface area contributed by atoms with Gasteiger partial charge in [0.2, 0.25) is 17.6 Å². The maximum absolute atomic E-state index is 12.7. The standard InChI is InChI=1S/C19H19N3O2S/c1-13-10-11-22(15-6-3-2-5-14(13)15)18(23)9-8-17-20-19(21-24-17)16-7-4-12-25-16/h2-7,12-13H,8-11H2,1H3/t13-/m1/s1. The van der Waals surface area contributed by atoms with Gasteiger partial charge in [-0.1, -0.05) is 36.3 Å². The van der Waals surface area contributed by atoms with Gasteiger partial charge in [-0.15, -0.1) is 11.3 Å². The van der Waals surface area contributed by atoms with Gasteiger partial charge in [0.05, 0.1) is 4.88 Å². The molecule has 1 aliphatic rings. The van der Waals surface area contributed by atoms with Gasteiger partial charge >= 0.3 is 0 Å². The second-order valence-corrected chi connectivity index (χ2v) is 7.23. The average molecular weight is 353 g/mol. The second kappa shape index (κ2) is 6.80. The molecule has 0 unspecified atom stereocenters. The lowest BCUT2D eigenvalue weighted by Gasteiger charge is -2.33. The van der Waals surface area contributed by atoms with Gasteiger partial charge in [-0.05, 0) is 35.4 Å². The topological polar surface area (TPSA) is 59.2 Å². The minimum absolute atomic E-state index is 0.107. The van der Waals surface area contributed by atoms with Crippen molar-refractivity contribution >= 4 is 22.9 Å². The molecule has 0 N–H and O–H groups in total. The van der Waals surface area contributed by atoms with Gasteiger partial charge in [0.15, 0.2) is 0 Å². The fraction of sp³-hybridized carbons (Fsp3) is 0.316. The number of rotatable bonds is 4. The highest BCUT2D eigenvalue weighted by Crippen LogP contribution is 2.35. The number of amides is 1. The van der Waals surface area contributed by atoms with E-state index in [2.05, 4.69) is 23.1 Å². The first kappa shape index (κ1) is 16.0. The third-order valence-corrected chi connectivity index (χ3v) is 5.47. The zero-order valence-electron chi connectivity index (χ0n) is 14.0. The smallest absolute Gasteiger partial charge is 0.227 e. The normalized spacial score (nSPS) is 16.7. The Morgan fingerprint density at radius 3 is 3.04 bits per heavy atom. The average Bonchev–Trinajstić information content (AvgIpc) is 3.32. The second-order valence-electron chi connectivity index (χ2n) is 6.28. The first-order valence-electron chi connectivity index (χ1n) is 8.48. The fourth-order valence-electron chi connectivity index (χ4n) is 3.22. The van der Waals surface area contributed by atoms with Crippen LogP contribution in [-0.2, 0) is 11.2 Å². The summed E-state index contributed by atoms with van der Waals surface area (Å²) in [5, 5.41) is 5.97. The number of anilines is 1. The summed E-state index contributed by atoms with van der Waals surface area (Å²) in [6.45, 7) is 2.98. The molecule has 4 rings (SSSR count). The van der Waals surface area contributed by atoms with Gasteiger partial charge in [0.25, 0.3) is 0 Å². The Morgan fingerprint density at radius 1 is 1.32 bits per heavy atom. The molecule has 6 heteroatoms. The van der Waals surface area contributed by atoms with E-state index in [1.54, 1.807) is 11.3 Å². The first-order chi connectivity index (χ1) is 12.2. The number of para-hydroxylation sites is 1. The molecule has 0 saturated carbocycles. The Kier molecular flexibility index (Phi) is 4.36. The van der Waals surface area contributed by atoms with Crippen LogP contribution in [0.25, 0.3) is 10.7 Å². The number of benzene rings is 1. The molecule has 0 spiro atoms. The molecule has 1 amide bonds. The highest BCUT2D eigenvalue weighted by molar-refractivity contribution is 7.13. The maximum atomic E-state index is 12.7. The van der Waals surface area contributed by atoms with Crippen molar-refractivity contribution in [2.45, 2.75) is 32.1 Å². The van der Waals surface area contributed by atoms with Crippen LogP contribution in [-0.4, -0.2) is 22.6 Å². The molecule has 0 radical (unpaired) electrons. The Labute approximate surface area is 150 Å². The largest absolute Gasteiger partial charge is 0.339 e. The summed E-state index contributed by atoms with van der Waals surface area (Å²) in [6, 6.07) is 12.1. The van der Waals surface area contributed by atoms with Gasteiger partial charge in [0.1, 0.15) is 0 Å². The third-order valence-electron chi connectivity index (χ3n) is 4.61. The zero-order valence-corrected chi connectivity index (χ0v) is 14.8. The number of carbonyl (C=O) groups excluding carboxylic acids is 1. The van der Waals surface area contributed by atoms with E-state index in [0.29, 0.717) is 30.5 Å². The van der Waals surface area contributed by atoms with Crippen molar-refractivity contribution in [3.05, 3.63) is 53.2 Å². The molecule has 0 bridgehead atoms. The summed E-state index contributed by atoms with van der Waals surface area (Å²) in [5.41, 5.74) is 2.29. The van der Waals surface area contributed by atoms with E-state index in [1.807, 2.05) is 40.6 Å². The Bertz CT molecular complexity index is 872. The van der Waals surface area contributed by atoms with Gasteiger partial charge in [0, 0.05) is 25.1 Å². The van der Waals surface area contributed by atoms with Gasteiger partial charge in [-0.25, -0.2) is 0 Å². The summed E-state index contributed by atoms with van der Waals surface area (Å²) in [5.74, 6) is 1.70. The van der Waals surface area contributed by atoms with E-state index in [-0.39, 0.29) is 5.91 Å². The Hall–Kier alpha value is -2.47. The highest BCUT2D eigenvalue weighted by atomic mass is 32.1. The van der Waals surface area contributed by atoms with Crippen LogP contribution in [0.5, 0.6) is 0 Å². The Morgan fingerprint density at radius 2 is 2.20 bits per heavy atom. The van der Waals surface area contributed by atoms with Crippen molar-refractivity contribution in [1.29, 1.82) is 0 Å². The predicted octanol–water partition coefficient (Wildman–Crippen LogP) is 4.27. The highest BCUT2D eigenvalue weighted by Gasteiger charge is 2.26. The molecule has 3 heterocycles. The molecule has 3 aromatic rings. The summed E-state index contributed by atoms with van der Waals surface area (Å²) in [7, 11) is 0. The van der Waals surface area contributed by atoms with Crippen LogP contribution in [0, 0.1) is 0 Å². The first-order valence-corrected chi connectivity index (χ1v) is 9.36. The van der Waals surface area contributed by atoms with Gasteiger partial charge in [-0.3, -0.25) is 4.79 Å². The Balaban J connectivity index is 1.44. The molecule has 0 fully saturated rings. The van der Waals surface area contributed by atoms with Crippen molar-refractivity contribution in [1.82, 2.24) is 10.1 Å². The number of carbonyl (C=O) groups is 1. The van der Waals surface area contributed by atoms with Crippen LogP contribution in [0.15, 0.2) is 46.3 Å². The lowest BCUT2D eigenvalue weighted by atomic mass is 9.91. The molecule has 0 saturated heterocycles. The van der Waals surface area contributed by atoms with Crippen LogP contribution in [0.3, 0.4) is 0 Å². The number of hydrogen-bond donors (Lipinski definition) is 0. The summed E-state index contributed by atoms with van der Waals surface area (Å²) in [4.78, 5) is 20.0. The lowest BCUT2D eigenvalue weighted by molar-refractivity contribution is -0.118. The van der Waals surface area contributed by atoms with Crippen LogP contribution in [0.1, 0.15) is 37.1 Å². The molecule has 2 aromatic heterocycles. The number of hydrogen-bond acceptors (Lipinski definition) is 5. The minimum atomic E-state index is 0.107. The molecule has 128 valence electrons. The van der Waals surface area contributed by atoms with E-state index in [9.17, 15) is 4.79 Å². The molecule has 0 aliphatic carbocycles. The summed E-state index contributed by atoms with van der Waals surface area (Å²) in [6.07, 6.45) is 1.83. The molecule has 1 aromatic carbocycles. The molecule has 5 nitrogen and oxygen atoms in total. The van der Waals surface area contributed by atoms with Crippen LogP contribution in [0.2, 0.25) is 0 Å². The minimum Gasteiger partial charge on any atom is -0.339 e. The van der Waals surface area contributed by atoms with Crippen molar-refractivity contribution in [2.24, 2.45) is 0 Å². The van der Waals surface area contributed by atoms with E-state index < -0.39 is 0 Å². The summed E-state index contributed by atoms with van der Waals surface area (Å²) >= 11 is 1.57. The van der Waals surface area contributed by atoms with Crippen molar-refractivity contribution in [3.8, 4) is 10.7 Å². The van der Waals surface area contributed by atoms with E-state index in [4.69, 9.17) is 4.52 Å². The summed E-state index contributed by atoms with van der Waals surface area (Å²) < 4.78 is 5.29. The maximum Gasteiger partial charge on any atom is 0.227 e. The van der Waals surface area contributed by atoms with E-state index in [0.717, 1.165) is 23.5 Å².